The fourth-order valence-corrected chi connectivity index (χ4v) is 3.19. The fourth-order valence-electron chi connectivity index (χ4n) is 2.00. The van der Waals surface area contributed by atoms with Gasteiger partial charge in [0.05, 0.1) is 11.3 Å². The van der Waals surface area contributed by atoms with Gasteiger partial charge in [-0.2, -0.15) is 11.8 Å². The molecule has 1 atom stereocenters. The summed E-state index contributed by atoms with van der Waals surface area (Å²) in [7, 11) is 0. The van der Waals surface area contributed by atoms with Crippen molar-refractivity contribution in [3.63, 3.8) is 0 Å². The third-order valence-electron chi connectivity index (χ3n) is 2.98. The minimum absolute atomic E-state index is 0.0298. The predicted molar refractivity (Wildman–Crippen MR) is 80.9 cm³/mol. The molecule has 7 heteroatoms. The highest BCUT2D eigenvalue weighted by Crippen LogP contribution is 2.23. The zero-order valence-corrected chi connectivity index (χ0v) is 12.5. The van der Waals surface area contributed by atoms with E-state index in [2.05, 4.69) is 12.2 Å². The number of carboxylic acid groups (broad SMARTS) is 1. The number of rotatable bonds is 2. The summed E-state index contributed by atoms with van der Waals surface area (Å²) in [4.78, 5) is 25.0. The van der Waals surface area contributed by atoms with Crippen molar-refractivity contribution in [1.29, 1.82) is 0 Å². The van der Waals surface area contributed by atoms with E-state index in [9.17, 15) is 9.59 Å². The van der Waals surface area contributed by atoms with Crippen molar-refractivity contribution < 1.29 is 14.7 Å². The molecule has 1 fully saturated rings. The van der Waals surface area contributed by atoms with Crippen molar-refractivity contribution in [3.8, 4) is 0 Å². The third kappa shape index (κ3) is 3.58. The lowest BCUT2D eigenvalue weighted by Gasteiger charge is -2.30. The zero-order chi connectivity index (χ0) is 14.7. The van der Waals surface area contributed by atoms with Gasteiger partial charge >= 0.3 is 12.0 Å². The predicted octanol–water partition coefficient (Wildman–Crippen LogP) is 3.01. The minimum atomic E-state index is -1.10. The molecular formula is C13H15ClN2O3S. The second-order valence-electron chi connectivity index (χ2n) is 4.55. The number of benzene rings is 1. The van der Waals surface area contributed by atoms with E-state index in [4.69, 9.17) is 16.7 Å². The molecule has 5 nitrogen and oxygen atoms in total. The molecule has 1 aliphatic rings. The highest BCUT2D eigenvalue weighted by atomic mass is 35.5. The summed E-state index contributed by atoms with van der Waals surface area (Å²) in [6.45, 7) is 3.37. The molecule has 108 valence electrons. The van der Waals surface area contributed by atoms with Crippen LogP contribution in [0.25, 0.3) is 0 Å². The van der Waals surface area contributed by atoms with Gasteiger partial charge in [-0.15, -0.1) is 0 Å². The number of nitrogens with zero attached hydrogens (tertiary/aromatic N) is 1. The summed E-state index contributed by atoms with van der Waals surface area (Å²) in [6.07, 6.45) is 0. The molecular weight excluding hydrogens is 300 g/mol. The maximum absolute atomic E-state index is 12.2. The zero-order valence-electron chi connectivity index (χ0n) is 10.9. The van der Waals surface area contributed by atoms with Gasteiger partial charge in [0.2, 0.25) is 0 Å². The van der Waals surface area contributed by atoms with Crippen LogP contribution in [0.2, 0.25) is 5.02 Å². The number of carbonyl (C=O) groups excluding carboxylic acids is 1. The summed E-state index contributed by atoms with van der Waals surface area (Å²) in [5, 5.41) is 12.5. The average Bonchev–Trinajstić information content (AvgIpc) is 2.38. The van der Waals surface area contributed by atoms with Crippen LogP contribution in [-0.4, -0.2) is 46.1 Å². The molecule has 1 aromatic carbocycles. The lowest BCUT2D eigenvalue weighted by Crippen LogP contribution is -2.43. The molecule has 2 rings (SSSR count). The fraction of sp³-hybridized carbons (Fsp3) is 0.385. The van der Waals surface area contributed by atoms with Gasteiger partial charge in [-0.1, -0.05) is 18.5 Å². The maximum Gasteiger partial charge on any atom is 0.337 e. The first-order valence-corrected chi connectivity index (χ1v) is 7.60. The van der Waals surface area contributed by atoms with E-state index >= 15 is 0 Å². The van der Waals surface area contributed by atoms with E-state index in [0.717, 1.165) is 5.75 Å². The minimum Gasteiger partial charge on any atom is -0.478 e. The lowest BCUT2D eigenvalue weighted by atomic mass is 10.2. The molecule has 0 bridgehead atoms. The molecule has 1 aliphatic heterocycles. The van der Waals surface area contributed by atoms with Crippen LogP contribution in [0.15, 0.2) is 18.2 Å². The Hall–Kier alpha value is -1.40. The molecule has 2 amide bonds. The van der Waals surface area contributed by atoms with Crippen molar-refractivity contribution in [2.24, 2.45) is 0 Å². The van der Waals surface area contributed by atoms with Crippen LogP contribution in [0.5, 0.6) is 0 Å². The monoisotopic (exact) mass is 314 g/mol. The van der Waals surface area contributed by atoms with Crippen LogP contribution in [0.3, 0.4) is 0 Å². The second-order valence-corrected chi connectivity index (χ2v) is 6.54. The van der Waals surface area contributed by atoms with Crippen LogP contribution in [0.4, 0.5) is 10.5 Å². The largest absolute Gasteiger partial charge is 0.478 e. The van der Waals surface area contributed by atoms with Gasteiger partial charge in [0.1, 0.15) is 0 Å². The van der Waals surface area contributed by atoms with E-state index < -0.39 is 5.97 Å². The van der Waals surface area contributed by atoms with Gasteiger partial charge < -0.3 is 15.3 Å². The van der Waals surface area contributed by atoms with E-state index in [1.54, 1.807) is 4.90 Å². The standard InChI is InChI=1S/C13H15ClN2O3S/c1-8-7-16(4-5-20-8)13(19)15-11-6-9(14)2-3-10(11)12(17)18/h2-3,6,8H,4-5,7H2,1H3,(H,15,19)(H,17,18). The number of carboxylic acids is 1. The van der Waals surface area contributed by atoms with E-state index in [0.29, 0.717) is 23.4 Å². The Morgan fingerprint density at radius 1 is 1.50 bits per heavy atom. The van der Waals surface area contributed by atoms with Crippen LogP contribution >= 0.6 is 23.4 Å². The van der Waals surface area contributed by atoms with E-state index in [-0.39, 0.29) is 17.3 Å². The number of urea groups is 1. The topological polar surface area (TPSA) is 69.6 Å². The molecule has 0 spiro atoms. The first kappa shape index (κ1) is 15.0. The highest BCUT2D eigenvalue weighted by Gasteiger charge is 2.22. The number of carbonyl (C=O) groups is 2. The number of hydrogen-bond acceptors (Lipinski definition) is 3. The highest BCUT2D eigenvalue weighted by molar-refractivity contribution is 7.99. The van der Waals surface area contributed by atoms with Crippen LogP contribution in [0.1, 0.15) is 17.3 Å². The van der Waals surface area contributed by atoms with Gasteiger partial charge in [0.15, 0.2) is 0 Å². The number of nitrogens with one attached hydrogen (secondary N) is 1. The van der Waals surface area contributed by atoms with E-state index in [1.807, 2.05) is 11.8 Å². The van der Waals surface area contributed by atoms with Gasteiger partial charge in [-0.3, -0.25) is 0 Å². The van der Waals surface area contributed by atoms with Crippen molar-refractivity contribution in [3.05, 3.63) is 28.8 Å². The molecule has 0 aliphatic carbocycles. The Morgan fingerprint density at radius 2 is 2.25 bits per heavy atom. The average molecular weight is 315 g/mol. The molecule has 20 heavy (non-hydrogen) atoms. The Bertz CT molecular complexity index is 538. The summed E-state index contributed by atoms with van der Waals surface area (Å²) in [5.74, 6) is -0.213. The summed E-state index contributed by atoms with van der Waals surface area (Å²) < 4.78 is 0. The number of anilines is 1. The smallest absolute Gasteiger partial charge is 0.337 e. The Labute approximate surface area is 126 Å². The SMILES string of the molecule is CC1CN(C(=O)Nc2cc(Cl)ccc2C(=O)O)CCS1. The summed E-state index contributed by atoms with van der Waals surface area (Å²) in [5.41, 5.74) is 0.253. The van der Waals surface area contributed by atoms with Gasteiger partial charge in [-0.05, 0) is 18.2 Å². The van der Waals surface area contributed by atoms with Crippen molar-refractivity contribution in [2.75, 3.05) is 24.2 Å². The molecule has 0 aromatic heterocycles. The Kier molecular flexibility index (Phi) is 4.77. The van der Waals surface area contributed by atoms with Gasteiger partial charge in [0.25, 0.3) is 0 Å². The first-order valence-electron chi connectivity index (χ1n) is 6.17. The number of amides is 2. The van der Waals surface area contributed by atoms with Crippen LogP contribution < -0.4 is 5.32 Å². The quantitative estimate of drug-likeness (QED) is 0.880. The molecule has 1 aromatic rings. The summed E-state index contributed by atoms with van der Waals surface area (Å²) in [6, 6.07) is 4.03. The van der Waals surface area contributed by atoms with Crippen LogP contribution in [0, 0.1) is 0 Å². The first-order chi connectivity index (χ1) is 9.47. The molecule has 1 saturated heterocycles. The second kappa shape index (κ2) is 6.37. The molecule has 0 radical (unpaired) electrons. The Morgan fingerprint density at radius 3 is 2.90 bits per heavy atom. The van der Waals surface area contributed by atoms with Crippen molar-refractivity contribution in [1.82, 2.24) is 4.90 Å². The molecule has 2 N–H and O–H groups in total. The molecule has 0 saturated carbocycles. The normalized spacial score (nSPS) is 18.7. The maximum atomic E-state index is 12.2. The molecule has 1 unspecified atom stereocenters. The van der Waals surface area contributed by atoms with Crippen LogP contribution in [-0.2, 0) is 0 Å². The van der Waals surface area contributed by atoms with E-state index in [1.165, 1.54) is 18.2 Å². The summed E-state index contributed by atoms with van der Waals surface area (Å²) >= 11 is 7.67. The Balaban J connectivity index is 2.14. The van der Waals surface area contributed by atoms with Gasteiger partial charge in [0, 0.05) is 29.1 Å². The van der Waals surface area contributed by atoms with Crippen molar-refractivity contribution in [2.45, 2.75) is 12.2 Å². The number of hydrogen-bond donors (Lipinski definition) is 2. The number of aromatic carboxylic acids is 1. The molecule has 1 heterocycles. The third-order valence-corrected chi connectivity index (χ3v) is 4.35. The van der Waals surface area contributed by atoms with Gasteiger partial charge in [-0.25, -0.2) is 9.59 Å². The number of thioether (sulfide) groups is 1. The van der Waals surface area contributed by atoms with Crippen molar-refractivity contribution >= 4 is 41.1 Å². The number of halogens is 1. The lowest BCUT2D eigenvalue weighted by molar-refractivity contribution is 0.0698.